The fourth-order valence-corrected chi connectivity index (χ4v) is 6.18. The van der Waals surface area contributed by atoms with Crippen LogP contribution in [0.5, 0.6) is 6.01 Å². The van der Waals surface area contributed by atoms with Gasteiger partial charge >= 0.3 is 12.2 Å². The van der Waals surface area contributed by atoms with Crippen molar-refractivity contribution in [1.82, 2.24) is 24.8 Å². The van der Waals surface area contributed by atoms with Crippen LogP contribution in [-0.4, -0.2) is 88.7 Å². The number of likely N-dealkylation sites (tertiary alicyclic amines) is 1. The Labute approximate surface area is 259 Å². The molecule has 1 aromatic carbocycles. The largest absolute Gasteiger partial charge is 0.462 e. The first-order valence-corrected chi connectivity index (χ1v) is 14.4. The van der Waals surface area contributed by atoms with Gasteiger partial charge in [-0.3, -0.25) is 9.69 Å². The number of ether oxygens (including phenoxy) is 1. The number of halogens is 7. The molecule has 4 heterocycles. The quantitative estimate of drug-likeness (QED) is 0.280. The SMILES string of the molecule is C=C(F)C(=O)N1CCN(c2nc(OC[C@@H]3C[C@@H](F)CN3C)nc3c(F)c(-c4nc(N)cc(C)c4C(F)(F)F)c(Cl)cc23)[C@@H](C)C1. The molecule has 0 radical (unpaired) electrons. The molecule has 0 bridgehead atoms. The highest BCUT2D eigenvalue weighted by molar-refractivity contribution is 6.34. The van der Waals surface area contributed by atoms with Crippen molar-refractivity contribution in [2.75, 3.05) is 50.5 Å². The van der Waals surface area contributed by atoms with Crippen LogP contribution in [0.1, 0.15) is 24.5 Å². The van der Waals surface area contributed by atoms with Gasteiger partial charge in [0.2, 0.25) is 0 Å². The van der Waals surface area contributed by atoms with Crippen molar-refractivity contribution in [2.45, 2.75) is 44.7 Å². The Bertz CT molecular complexity index is 1670. The first kappa shape index (κ1) is 32.5. The van der Waals surface area contributed by atoms with E-state index in [4.69, 9.17) is 22.1 Å². The van der Waals surface area contributed by atoms with Crippen LogP contribution in [0.2, 0.25) is 5.02 Å². The van der Waals surface area contributed by atoms with Crippen molar-refractivity contribution in [3.8, 4) is 17.3 Å². The number of fused-ring (bicyclic) bond motifs is 1. The number of aromatic nitrogens is 3. The van der Waals surface area contributed by atoms with Crippen LogP contribution in [0, 0.1) is 12.7 Å². The van der Waals surface area contributed by atoms with Crippen molar-refractivity contribution >= 4 is 40.0 Å². The molecule has 0 saturated carbocycles. The van der Waals surface area contributed by atoms with Crippen LogP contribution in [0.25, 0.3) is 22.2 Å². The van der Waals surface area contributed by atoms with Gasteiger partial charge in [-0.15, -0.1) is 0 Å². The molecule has 0 unspecified atom stereocenters. The van der Waals surface area contributed by atoms with Gasteiger partial charge in [0.1, 0.15) is 29.9 Å². The fourth-order valence-electron chi connectivity index (χ4n) is 5.90. The molecule has 1 amide bonds. The van der Waals surface area contributed by atoms with E-state index < -0.39 is 63.3 Å². The van der Waals surface area contributed by atoms with Gasteiger partial charge in [-0.05, 0) is 45.0 Å². The van der Waals surface area contributed by atoms with Crippen molar-refractivity contribution in [3.05, 3.63) is 46.5 Å². The molecular formula is C29H30ClF6N7O2. The molecule has 5 rings (SSSR count). The number of rotatable bonds is 6. The summed E-state index contributed by atoms with van der Waals surface area (Å²) in [6.45, 7) is 6.36. The summed E-state index contributed by atoms with van der Waals surface area (Å²) in [5.74, 6) is -3.35. The number of pyridine rings is 1. The van der Waals surface area contributed by atoms with Gasteiger partial charge in [0.25, 0.3) is 5.91 Å². The third-order valence-corrected chi connectivity index (χ3v) is 8.36. The molecular weight excluding hydrogens is 628 g/mol. The number of carbonyl (C=O) groups is 1. The highest BCUT2D eigenvalue weighted by atomic mass is 35.5. The second-order valence-corrected chi connectivity index (χ2v) is 11.7. The van der Waals surface area contributed by atoms with Gasteiger partial charge in [-0.25, -0.2) is 18.2 Å². The number of nitrogens with two attached hydrogens (primary N) is 1. The number of likely N-dealkylation sites (N-methyl/N-ethyl adjacent to an activating group) is 1. The molecule has 16 heteroatoms. The predicted molar refractivity (Wildman–Crippen MR) is 157 cm³/mol. The minimum Gasteiger partial charge on any atom is -0.462 e. The van der Waals surface area contributed by atoms with Crippen molar-refractivity contribution in [2.24, 2.45) is 0 Å². The van der Waals surface area contributed by atoms with Crippen LogP contribution in [0.4, 0.5) is 38.0 Å². The van der Waals surface area contributed by atoms with E-state index >= 15 is 4.39 Å². The Balaban J connectivity index is 1.66. The Morgan fingerprint density at radius 3 is 2.51 bits per heavy atom. The highest BCUT2D eigenvalue weighted by Gasteiger charge is 2.39. The number of benzene rings is 1. The second kappa shape index (κ2) is 12.2. The molecule has 45 heavy (non-hydrogen) atoms. The van der Waals surface area contributed by atoms with E-state index in [1.807, 2.05) is 0 Å². The van der Waals surface area contributed by atoms with E-state index in [0.29, 0.717) is 0 Å². The summed E-state index contributed by atoms with van der Waals surface area (Å²) >= 11 is 6.49. The average molecular weight is 658 g/mol. The van der Waals surface area contributed by atoms with Crippen molar-refractivity contribution in [3.63, 3.8) is 0 Å². The van der Waals surface area contributed by atoms with Gasteiger partial charge in [0.05, 0.1) is 21.8 Å². The van der Waals surface area contributed by atoms with E-state index in [1.165, 1.54) is 17.9 Å². The molecule has 0 aliphatic carbocycles. The number of alkyl halides is 4. The van der Waals surface area contributed by atoms with Crippen LogP contribution in [-0.2, 0) is 11.0 Å². The molecule has 2 N–H and O–H groups in total. The summed E-state index contributed by atoms with van der Waals surface area (Å²) in [5.41, 5.74) is 2.40. The molecule has 2 saturated heterocycles. The number of carbonyl (C=O) groups excluding carboxylic acids is 1. The lowest BCUT2D eigenvalue weighted by molar-refractivity contribution is -0.137. The maximum absolute atomic E-state index is 16.5. The number of aryl methyl sites for hydroxylation is 1. The molecule has 9 nitrogen and oxygen atoms in total. The topological polar surface area (TPSA) is 101 Å². The fraction of sp³-hybridized carbons (Fsp3) is 0.448. The van der Waals surface area contributed by atoms with Gasteiger partial charge in [-0.2, -0.15) is 23.1 Å². The maximum Gasteiger partial charge on any atom is 0.418 e. The molecule has 3 aromatic rings. The second-order valence-electron chi connectivity index (χ2n) is 11.3. The zero-order valence-electron chi connectivity index (χ0n) is 24.6. The van der Waals surface area contributed by atoms with E-state index in [1.54, 1.807) is 23.8 Å². The Morgan fingerprint density at radius 2 is 1.91 bits per heavy atom. The van der Waals surface area contributed by atoms with Gasteiger partial charge < -0.3 is 20.3 Å². The number of nitrogens with zero attached hydrogens (tertiary/aromatic N) is 6. The van der Waals surface area contributed by atoms with E-state index in [2.05, 4.69) is 21.5 Å². The summed E-state index contributed by atoms with van der Waals surface area (Å²) in [4.78, 5) is 29.5. The monoisotopic (exact) mass is 657 g/mol. The Morgan fingerprint density at radius 1 is 1.20 bits per heavy atom. The number of hydrogen-bond donors (Lipinski definition) is 1. The van der Waals surface area contributed by atoms with Gasteiger partial charge in [0.15, 0.2) is 11.6 Å². The molecule has 0 spiro atoms. The minimum atomic E-state index is -4.92. The molecule has 2 aliphatic heterocycles. The normalized spacial score (nSPS) is 21.1. The maximum atomic E-state index is 16.5. The number of anilines is 2. The number of nitrogen functional groups attached to an aromatic ring is 1. The molecule has 2 fully saturated rings. The summed E-state index contributed by atoms with van der Waals surface area (Å²) < 4.78 is 92.4. The van der Waals surface area contributed by atoms with Crippen LogP contribution in [0.3, 0.4) is 0 Å². The Hall–Kier alpha value is -3.85. The third-order valence-electron chi connectivity index (χ3n) is 8.06. The highest BCUT2D eigenvalue weighted by Crippen LogP contribution is 2.44. The standard InChI is InChI=1S/C29H30ClF6N7O2/c1-13-7-20(37)38-25(22(13)29(34,35)36)21-19(30)9-18-24(23(21)33)39-28(45-12-17-8-16(32)11-41(17)4)40-26(18)43-6-5-42(10-14(43)2)27(44)15(3)31/h7,9,14,16-17H,3,5-6,8,10-12H2,1-2,4H3,(H2,37,38)/t14-,16+,17-/m0/s1. The molecule has 242 valence electrons. The van der Waals surface area contributed by atoms with Crippen LogP contribution < -0.4 is 15.4 Å². The first-order chi connectivity index (χ1) is 21.1. The lowest BCUT2D eigenvalue weighted by atomic mass is 9.99. The molecule has 3 atom stereocenters. The van der Waals surface area contributed by atoms with Crippen LogP contribution >= 0.6 is 11.6 Å². The number of hydrogen-bond acceptors (Lipinski definition) is 8. The summed E-state index contributed by atoms with van der Waals surface area (Å²) in [6.07, 6.45) is -5.79. The molecule has 2 aliphatic rings. The smallest absolute Gasteiger partial charge is 0.418 e. The molecule has 2 aromatic heterocycles. The van der Waals surface area contributed by atoms with E-state index in [9.17, 15) is 26.7 Å². The summed E-state index contributed by atoms with van der Waals surface area (Å²) in [5, 5.41) is -0.357. The van der Waals surface area contributed by atoms with Crippen LogP contribution in [0.15, 0.2) is 24.5 Å². The summed E-state index contributed by atoms with van der Waals surface area (Å²) in [6, 6.07) is 1.14. The average Bonchev–Trinajstić information content (AvgIpc) is 3.26. The number of amides is 1. The van der Waals surface area contributed by atoms with E-state index in [-0.39, 0.29) is 73.8 Å². The van der Waals surface area contributed by atoms with E-state index in [0.717, 1.165) is 6.07 Å². The number of piperazine rings is 1. The third kappa shape index (κ3) is 6.32. The van der Waals surface area contributed by atoms with Crippen molar-refractivity contribution in [1.29, 1.82) is 0 Å². The first-order valence-electron chi connectivity index (χ1n) is 14.0. The van der Waals surface area contributed by atoms with Gasteiger partial charge in [-0.1, -0.05) is 18.2 Å². The zero-order chi connectivity index (χ0) is 33.0. The zero-order valence-corrected chi connectivity index (χ0v) is 25.3. The van der Waals surface area contributed by atoms with Gasteiger partial charge in [0, 0.05) is 43.6 Å². The predicted octanol–water partition coefficient (Wildman–Crippen LogP) is 5.34. The van der Waals surface area contributed by atoms with Crippen molar-refractivity contribution < 1.29 is 35.9 Å². The minimum absolute atomic E-state index is 0.0471. The Kier molecular flexibility index (Phi) is 8.79. The lowest BCUT2D eigenvalue weighted by Gasteiger charge is -2.40. The summed E-state index contributed by atoms with van der Waals surface area (Å²) in [7, 11) is 1.72. The lowest BCUT2D eigenvalue weighted by Crippen LogP contribution is -2.54.